The van der Waals surface area contributed by atoms with Crippen molar-refractivity contribution in [3.05, 3.63) is 65.3 Å². The van der Waals surface area contributed by atoms with Crippen LogP contribution in [-0.2, 0) is 0 Å². The third kappa shape index (κ3) is 2.98. The summed E-state index contributed by atoms with van der Waals surface area (Å²) < 4.78 is 5.79. The van der Waals surface area contributed by atoms with Crippen LogP contribution in [0.4, 0.5) is 21.9 Å². The lowest BCUT2D eigenvalue weighted by atomic mass is 10.1. The van der Waals surface area contributed by atoms with Crippen molar-refractivity contribution in [2.24, 2.45) is 0 Å². The molecule has 0 aliphatic carbocycles. The molecule has 0 unspecified atom stereocenters. The van der Waals surface area contributed by atoms with Gasteiger partial charge in [0.1, 0.15) is 15.5 Å². The number of hydrogen-bond donors (Lipinski definition) is 1. The number of carboxylic acids is 1. The van der Waals surface area contributed by atoms with Gasteiger partial charge >= 0.3 is 12.0 Å². The molecule has 0 atom stereocenters. The van der Waals surface area contributed by atoms with Crippen molar-refractivity contribution in [2.75, 3.05) is 16.8 Å². The summed E-state index contributed by atoms with van der Waals surface area (Å²) in [6.45, 7) is 1.87. The van der Waals surface area contributed by atoms with Gasteiger partial charge in [-0.3, -0.25) is 9.80 Å². The fourth-order valence-electron chi connectivity index (χ4n) is 3.65. The van der Waals surface area contributed by atoms with Crippen LogP contribution in [0.25, 0.3) is 10.2 Å². The highest BCUT2D eigenvalue weighted by atomic mass is 32.1. The van der Waals surface area contributed by atoms with Gasteiger partial charge in [-0.2, -0.15) is 0 Å². The maximum absolute atomic E-state index is 13.3. The molecule has 4 heterocycles. The molecule has 0 saturated heterocycles. The molecule has 1 N–H and O–H groups in total. The number of benzene rings is 1. The first kappa shape index (κ1) is 19.0. The average Bonchev–Trinajstić information content (AvgIpc) is 3.15. The van der Waals surface area contributed by atoms with Gasteiger partial charge in [0.25, 0.3) is 0 Å². The van der Waals surface area contributed by atoms with Crippen molar-refractivity contribution in [3.63, 3.8) is 0 Å². The topological polar surface area (TPSA) is 95.9 Å². The molecular formula is C22H16N4O4S. The number of carbonyl (C=O) groups excluding carboxylic acids is 1. The highest BCUT2D eigenvalue weighted by Gasteiger charge is 2.37. The molecule has 1 aliphatic rings. The number of carboxylic acid groups (broad SMARTS) is 1. The molecule has 0 bridgehead atoms. The van der Waals surface area contributed by atoms with Crippen LogP contribution in [0.1, 0.15) is 15.2 Å². The highest BCUT2D eigenvalue weighted by molar-refractivity contribution is 7.21. The summed E-state index contributed by atoms with van der Waals surface area (Å²) >= 11 is 1.05. The fourth-order valence-corrected chi connectivity index (χ4v) is 4.68. The predicted octanol–water partition coefficient (Wildman–Crippen LogP) is 5.20. The Morgan fingerprint density at radius 3 is 2.61 bits per heavy atom. The molecule has 31 heavy (non-hydrogen) atoms. The minimum Gasteiger partial charge on any atom is -0.477 e. The number of carbonyl (C=O) groups is 2. The van der Waals surface area contributed by atoms with Crippen molar-refractivity contribution >= 4 is 50.6 Å². The van der Waals surface area contributed by atoms with E-state index in [0.717, 1.165) is 16.9 Å². The number of nitrogens with zero attached hydrogens (tertiary/aromatic N) is 4. The van der Waals surface area contributed by atoms with E-state index in [9.17, 15) is 14.7 Å². The molecule has 4 aromatic rings. The summed E-state index contributed by atoms with van der Waals surface area (Å²) in [5, 5.41) is 10.2. The lowest BCUT2D eigenvalue weighted by Gasteiger charge is -2.34. The molecule has 0 fully saturated rings. The van der Waals surface area contributed by atoms with E-state index in [1.807, 2.05) is 37.3 Å². The number of aryl methyl sites for hydroxylation is 1. The summed E-state index contributed by atoms with van der Waals surface area (Å²) in [6.07, 6.45) is 3.16. The van der Waals surface area contributed by atoms with Crippen LogP contribution in [0.15, 0.2) is 54.9 Å². The van der Waals surface area contributed by atoms with Gasteiger partial charge in [-0.25, -0.2) is 19.6 Å². The van der Waals surface area contributed by atoms with Crippen molar-refractivity contribution < 1.29 is 19.4 Å². The molecule has 0 radical (unpaired) electrons. The van der Waals surface area contributed by atoms with Crippen LogP contribution < -0.4 is 14.5 Å². The number of thiophene rings is 1. The van der Waals surface area contributed by atoms with Gasteiger partial charge in [0, 0.05) is 19.3 Å². The monoisotopic (exact) mass is 432 g/mol. The van der Waals surface area contributed by atoms with Crippen molar-refractivity contribution in [3.8, 4) is 11.6 Å². The quantitative estimate of drug-likeness (QED) is 0.476. The van der Waals surface area contributed by atoms with Crippen LogP contribution in [0.5, 0.6) is 11.6 Å². The largest absolute Gasteiger partial charge is 0.477 e. The first-order valence-corrected chi connectivity index (χ1v) is 10.2. The van der Waals surface area contributed by atoms with Gasteiger partial charge < -0.3 is 9.84 Å². The number of pyridine rings is 2. The number of urea groups is 1. The zero-order valence-electron chi connectivity index (χ0n) is 16.6. The normalized spacial score (nSPS) is 13.0. The Morgan fingerprint density at radius 2 is 1.90 bits per heavy atom. The summed E-state index contributed by atoms with van der Waals surface area (Å²) in [7, 11) is 1.56. The van der Waals surface area contributed by atoms with Gasteiger partial charge in [-0.1, -0.05) is 18.2 Å². The number of anilines is 3. The van der Waals surface area contributed by atoms with Gasteiger partial charge in [-0.05, 0) is 30.7 Å². The van der Waals surface area contributed by atoms with E-state index >= 15 is 0 Å². The molecule has 1 aromatic carbocycles. The van der Waals surface area contributed by atoms with Gasteiger partial charge in [0.05, 0.1) is 28.6 Å². The van der Waals surface area contributed by atoms with E-state index in [1.165, 1.54) is 9.80 Å². The molecular weight excluding hydrogens is 416 g/mol. The van der Waals surface area contributed by atoms with E-state index in [0.29, 0.717) is 38.9 Å². The Morgan fingerprint density at radius 1 is 1.13 bits per heavy atom. The van der Waals surface area contributed by atoms with Gasteiger partial charge in [-0.15, -0.1) is 11.3 Å². The number of aromatic nitrogens is 2. The second-order valence-corrected chi connectivity index (χ2v) is 8.00. The summed E-state index contributed by atoms with van der Waals surface area (Å²) in [4.78, 5) is 37.3. The van der Waals surface area contributed by atoms with Crippen molar-refractivity contribution in [1.29, 1.82) is 0 Å². The second-order valence-electron chi connectivity index (χ2n) is 7.00. The molecule has 8 nitrogen and oxygen atoms in total. The predicted molar refractivity (Wildman–Crippen MR) is 118 cm³/mol. The number of amides is 2. The minimum absolute atomic E-state index is 0.0897. The molecule has 154 valence electrons. The number of ether oxygens (including phenoxy) is 1. The Hall–Kier alpha value is -3.98. The molecule has 0 saturated carbocycles. The summed E-state index contributed by atoms with van der Waals surface area (Å²) in [5.41, 5.74) is 2.31. The Balaban J connectivity index is 1.62. The molecule has 3 aromatic heterocycles. The van der Waals surface area contributed by atoms with Crippen LogP contribution in [-0.4, -0.2) is 34.1 Å². The molecule has 0 spiro atoms. The number of para-hydroxylation sites is 1. The molecule has 5 rings (SSSR count). The third-order valence-electron chi connectivity index (χ3n) is 5.06. The van der Waals surface area contributed by atoms with E-state index < -0.39 is 5.97 Å². The maximum Gasteiger partial charge on any atom is 0.348 e. The third-order valence-corrected chi connectivity index (χ3v) is 6.13. The SMILES string of the molecule is Cc1cc(Oc2ccccc2)ncc1N1C(=O)N(C)c2c(C(=O)O)sc3nccc1c23. The number of rotatable bonds is 4. The molecule has 1 aliphatic heterocycles. The fraction of sp³-hybridized carbons (Fsp3) is 0.0909. The highest BCUT2D eigenvalue weighted by Crippen LogP contribution is 2.48. The Bertz CT molecular complexity index is 1350. The number of hydrogen-bond acceptors (Lipinski definition) is 6. The van der Waals surface area contributed by atoms with Crippen molar-refractivity contribution in [2.45, 2.75) is 6.92 Å². The Labute approximate surface area is 181 Å². The van der Waals surface area contributed by atoms with Crippen LogP contribution in [0, 0.1) is 6.92 Å². The van der Waals surface area contributed by atoms with E-state index in [1.54, 1.807) is 31.6 Å². The second kappa shape index (κ2) is 7.06. The summed E-state index contributed by atoms with van der Waals surface area (Å²) in [5.74, 6) is -0.0114. The van der Waals surface area contributed by atoms with E-state index in [2.05, 4.69) is 9.97 Å². The lowest BCUT2D eigenvalue weighted by Crippen LogP contribution is -2.42. The standard InChI is InChI=1S/C22H16N4O4S/c1-12-10-16(30-13-6-4-3-5-7-13)24-11-15(12)26-14-8-9-23-20-17(14)18(25(2)22(26)29)19(31-20)21(27)28/h3-11H,1-2H3,(H,27,28). The first-order chi connectivity index (χ1) is 15.0. The Kier molecular flexibility index (Phi) is 4.33. The minimum atomic E-state index is -1.09. The van der Waals surface area contributed by atoms with Crippen molar-refractivity contribution in [1.82, 2.24) is 9.97 Å². The molecule has 9 heteroatoms. The van der Waals surface area contributed by atoms with E-state index in [4.69, 9.17) is 4.74 Å². The summed E-state index contributed by atoms with van der Waals surface area (Å²) in [6, 6.07) is 12.4. The molecule has 2 amide bonds. The van der Waals surface area contributed by atoms with Crippen LogP contribution in [0.2, 0.25) is 0 Å². The number of aromatic carboxylic acids is 1. The lowest BCUT2D eigenvalue weighted by molar-refractivity contribution is 0.0703. The van der Waals surface area contributed by atoms with E-state index in [-0.39, 0.29) is 10.9 Å². The first-order valence-electron chi connectivity index (χ1n) is 9.38. The maximum atomic E-state index is 13.3. The van der Waals surface area contributed by atoms with Gasteiger partial charge in [0.15, 0.2) is 0 Å². The van der Waals surface area contributed by atoms with Crippen LogP contribution in [0.3, 0.4) is 0 Å². The zero-order chi connectivity index (χ0) is 21.7. The zero-order valence-corrected chi connectivity index (χ0v) is 17.4. The smallest absolute Gasteiger partial charge is 0.348 e. The average molecular weight is 432 g/mol. The van der Waals surface area contributed by atoms with Crippen LogP contribution >= 0.6 is 11.3 Å². The van der Waals surface area contributed by atoms with Gasteiger partial charge in [0.2, 0.25) is 5.88 Å².